The van der Waals surface area contributed by atoms with Gasteiger partial charge in [0.2, 0.25) is 20.0 Å². The Bertz CT molecular complexity index is 1010. The van der Waals surface area contributed by atoms with Crippen molar-refractivity contribution < 1.29 is 16.8 Å². The van der Waals surface area contributed by atoms with Gasteiger partial charge in [0.1, 0.15) is 0 Å². The van der Waals surface area contributed by atoms with E-state index in [-0.39, 0.29) is 11.7 Å². The van der Waals surface area contributed by atoms with Crippen LogP contribution in [0.5, 0.6) is 0 Å². The van der Waals surface area contributed by atoms with E-state index in [0.29, 0.717) is 19.5 Å². The van der Waals surface area contributed by atoms with E-state index in [1.165, 1.54) is 0 Å². The average molecular weight is 453 g/mol. The van der Waals surface area contributed by atoms with E-state index in [1.807, 2.05) is 55.5 Å². The summed E-state index contributed by atoms with van der Waals surface area (Å²) in [6, 6.07) is 16.2. The molecular weight excluding hydrogens is 420 g/mol. The summed E-state index contributed by atoms with van der Waals surface area (Å²) in [5, 5.41) is -0.443. The Kier molecular flexibility index (Phi) is 8.61. The molecule has 0 spiro atoms. The smallest absolute Gasteiger partial charge is 0.213 e. The third-order valence-electron chi connectivity index (χ3n) is 5.09. The lowest BCUT2D eigenvalue weighted by atomic mass is 9.97. The molecule has 30 heavy (non-hydrogen) atoms. The second-order valence-corrected chi connectivity index (χ2v) is 12.1. The molecule has 0 heterocycles. The van der Waals surface area contributed by atoms with Crippen molar-refractivity contribution in [1.82, 2.24) is 9.44 Å². The molecule has 2 aromatic rings. The SMILES string of the molecule is CCS(=O)(=O)NCCc1ccc(-c2ccc(C(C)CNS(=O)(=O)C(C)C)cc2)cc1. The van der Waals surface area contributed by atoms with Crippen molar-refractivity contribution in [2.75, 3.05) is 18.8 Å². The number of sulfonamides is 2. The fourth-order valence-electron chi connectivity index (χ4n) is 2.85. The largest absolute Gasteiger partial charge is 0.215 e. The Morgan fingerprint density at radius 3 is 1.83 bits per heavy atom. The van der Waals surface area contributed by atoms with Crippen molar-refractivity contribution in [2.24, 2.45) is 0 Å². The fraction of sp³-hybridized carbons (Fsp3) is 0.455. The maximum Gasteiger partial charge on any atom is 0.213 e. The number of hydrogen-bond acceptors (Lipinski definition) is 4. The molecule has 1 unspecified atom stereocenters. The summed E-state index contributed by atoms with van der Waals surface area (Å²) in [4.78, 5) is 0. The van der Waals surface area contributed by atoms with E-state index >= 15 is 0 Å². The molecule has 2 rings (SSSR count). The predicted molar refractivity (Wildman–Crippen MR) is 124 cm³/mol. The van der Waals surface area contributed by atoms with E-state index in [0.717, 1.165) is 22.3 Å². The molecule has 0 saturated heterocycles. The zero-order valence-electron chi connectivity index (χ0n) is 18.1. The van der Waals surface area contributed by atoms with E-state index in [4.69, 9.17) is 0 Å². The zero-order chi connectivity index (χ0) is 22.4. The minimum atomic E-state index is -3.26. The molecule has 0 aliphatic heterocycles. The van der Waals surface area contributed by atoms with Crippen LogP contribution in [0.25, 0.3) is 11.1 Å². The Balaban J connectivity index is 1.96. The Morgan fingerprint density at radius 1 is 0.800 bits per heavy atom. The van der Waals surface area contributed by atoms with Gasteiger partial charge in [0.05, 0.1) is 11.0 Å². The summed E-state index contributed by atoms with van der Waals surface area (Å²) in [5.74, 6) is 0.159. The summed E-state index contributed by atoms with van der Waals surface area (Å²) in [6.45, 7) is 7.71. The van der Waals surface area contributed by atoms with Gasteiger partial charge in [0, 0.05) is 13.1 Å². The molecule has 0 radical (unpaired) electrons. The van der Waals surface area contributed by atoms with Crippen molar-refractivity contribution in [2.45, 2.75) is 45.3 Å². The van der Waals surface area contributed by atoms with Gasteiger partial charge in [0.15, 0.2) is 0 Å². The van der Waals surface area contributed by atoms with Crippen LogP contribution in [0.15, 0.2) is 48.5 Å². The van der Waals surface area contributed by atoms with Crippen molar-refractivity contribution in [3.05, 3.63) is 59.7 Å². The Morgan fingerprint density at radius 2 is 1.33 bits per heavy atom. The number of nitrogens with one attached hydrogen (secondary N) is 2. The van der Waals surface area contributed by atoms with Crippen molar-refractivity contribution in [3.63, 3.8) is 0 Å². The first-order chi connectivity index (χ1) is 14.0. The highest BCUT2D eigenvalue weighted by Gasteiger charge is 2.17. The average Bonchev–Trinajstić information content (AvgIpc) is 2.72. The molecule has 0 amide bonds. The van der Waals surface area contributed by atoms with Crippen LogP contribution in [0.4, 0.5) is 0 Å². The summed E-state index contributed by atoms with van der Waals surface area (Å²) in [5.41, 5.74) is 4.30. The van der Waals surface area contributed by atoms with Crippen LogP contribution in [-0.2, 0) is 26.5 Å². The molecule has 1 atom stereocenters. The molecule has 6 nitrogen and oxygen atoms in total. The Hall–Kier alpha value is -1.74. The second-order valence-electron chi connectivity index (χ2n) is 7.71. The molecule has 166 valence electrons. The predicted octanol–water partition coefficient (Wildman–Crippen LogP) is 3.27. The summed E-state index contributed by atoms with van der Waals surface area (Å²) < 4.78 is 52.0. The first-order valence-electron chi connectivity index (χ1n) is 10.2. The first kappa shape index (κ1) is 24.5. The van der Waals surface area contributed by atoms with Crippen LogP contribution in [0.3, 0.4) is 0 Å². The lowest BCUT2D eigenvalue weighted by Crippen LogP contribution is -2.33. The van der Waals surface area contributed by atoms with Crippen LogP contribution in [0, 0.1) is 0 Å². The number of hydrogen-bond donors (Lipinski definition) is 2. The molecule has 2 aromatic carbocycles. The van der Waals surface area contributed by atoms with Crippen molar-refractivity contribution in [3.8, 4) is 11.1 Å². The highest BCUT2D eigenvalue weighted by molar-refractivity contribution is 7.90. The van der Waals surface area contributed by atoms with Gasteiger partial charge in [-0.15, -0.1) is 0 Å². The minimum Gasteiger partial charge on any atom is -0.215 e. The van der Waals surface area contributed by atoms with Crippen LogP contribution >= 0.6 is 0 Å². The van der Waals surface area contributed by atoms with E-state index in [9.17, 15) is 16.8 Å². The van der Waals surface area contributed by atoms with E-state index < -0.39 is 25.3 Å². The lowest BCUT2D eigenvalue weighted by molar-refractivity contribution is 0.566. The van der Waals surface area contributed by atoms with Gasteiger partial charge < -0.3 is 0 Å². The van der Waals surface area contributed by atoms with Gasteiger partial charge in [-0.2, -0.15) is 0 Å². The highest BCUT2D eigenvalue weighted by atomic mass is 32.2. The molecule has 8 heteroatoms. The standard InChI is InChI=1S/C22H32N2O4S2/c1-5-29(25,26)23-15-14-19-6-8-21(9-7-19)22-12-10-20(11-13-22)18(4)16-24-30(27,28)17(2)3/h6-13,17-18,23-24H,5,14-16H2,1-4H3. The molecule has 0 bridgehead atoms. The maximum atomic E-state index is 11.9. The first-order valence-corrected chi connectivity index (χ1v) is 13.4. The molecule has 0 fully saturated rings. The van der Waals surface area contributed by atoms with Gasteiger partial charge in [-0.1, -0.05) is 55.5 Å². The monoisotopic (exact) mass is 452 g/mol. The third kappa shape index (κ3) is 7.19. The maximum absolute atomic E-state index is 11.9. The van der Waals surface area contributed by atoms with Crippen LogP contribution in [0.2, 0.25) is 0 Å². The highest BCUT2D eigenvalue weighted by Crippen LogP contribution is 2.23. The van der Waals surface area contributed by atoms with Gasteiger partial charge in [-0.3, -0.25) is 0 Å². The van der Waals surface area contributed by atoms with E-state index in [2.05, 4.69) is 9.44 Å². The van der Waals surface area contributed by atoms with Gasteiger partial charge in [-0.05, 0) is 55.4 Å². The lowest BCUT2D eigenvalue weighted by Gasteiger charge is -2.15. The van der Waals surface area contributed by atoms with Gasteiger partial charge in [0.25, 0.3) is 0 Å². The molecular formula is C22H32N2O4S2. The third-order valence-corrected chi connectivity index (χ3v) is 8.31. The quantitative estimate of drug-likeness (QED) is 0.547. The topological polar surface area (TPSA) is 92.3 Å². The van der Waals surface area contributed by atoms with Crippen LogP contribution < -0.4 is 9.44 Å². The van der Waals surface area contributed by atoms with Crippen LogP contribution in [0.1, 0.15) is 44.7 Å². The molecule has 0 aliphatic rings. The molecule has 0 aromatic heterocycles. The number of benzene rings is 2. The van der Waals surface area contributed by atoms with Gasteiger partial charge in [-0.25, -0.2) is 26.3 Å². The molecule has 0 aliphatic carbocycles. The molecule has 2 N–H and O–H groups in total. The van der Waals surface area contributed by atoms with Crippen molar-refractivity contribution in [1.29, 1.82) is 0 Å². The minimum absolute atomic E-state index is 0.0712. The summed E-state index contributed by atoms with van der Waals surface area (Å²) >= 11 is 0. The summed E-state index contributed by atoms with van der Waals surface area (Å²) in [6.07, 6.45) is 0.641. The summed E-state index contributed by atoms with van der Waals surface area (Å²) in [7, 11) is -6.42. The number of rotatable bonds is 11. The molecule has 0 saturated carbocycles. The normalized spacial score (nSPS) is 13.5. The van der Waals surface area contributed by atoms with E-state index in [1.54, 1.807) is 20.8 Å². The van der Waals surface area contributed by atoms with Crippen LogP contribution in [-0.4, -0.2) is 40.9 Å². The zero-order valence-corrected chi connectivity index (χ0v) is 19.7. The van der Waals surface area contributed by atoms with Gasteiger partial charge >= 0.3 is 0 Å². The second kappa shape index (κ2) is 10.5. The fourth-order valence-corrected chi connectivity index (χ4v) is 4.28. The Labute approximate surface area is 181 Å². The van der Waals surface area contributed by atoms with Crippen molar-refractivity contribution >= 4 is 20.0 Å².